The van der Waals surface area contributed by atoms with Crippen molar-refractivity contribution < 1.29 is 4.74 Å². The molecule has 0 aromatic carbocycles. The van der Waals surface area contributed by atoms with Gasteiger partial charge in [0.05, 0.1) is 12.3 Å². The summed E-state index contributed by atoms with van der Waals surface area (Å²) in [4.78, 5) is 8.95. The van der Waals surface area contributed by atoms with Gasteiger partial charge in [0.15, 0.2) is 0 Å². The summed E-state index contributed by atoms with van der Waals surface area (Å²) in [6, 6.07) is 2.07. The third-order valence-corrected chi connectivity index (χ3v) is 3.86. The summed E-state index contributed by atoms with van der Waals surface area (Å²) in [5.74, 6) is 4.50. The van der Waals surface area contributed by atoms with Crippen molar-refractivity contribution in [1.82, 2.24) is 9.97 Å². The number of ether oxygens (including phenoxy) is 1. The van der Waals surface area contributed by atoms with E-state index in [1.807, 2.05) is 18.7 Å². The number of aromatic nitrogens is 2. The molecule has 0 radical (unpaired) electrons. The van der Waals surface area contributed by atoms with Crippen LogP contribution in [0, 0.1) is 6.92 Å². The standard InChI is InChI=1S/C13H21N3OS/c1-3-18-7-5-14-13-8-12(15-10(2)16-13)11-4-6-17-9-11/h8,11H,3-7,9H2,1-2H3,(H,14,15,16)/t11-/m0/s1. The van der Waals surface area contributed by atoms with Gasteiger partial charge in [-0.2, -0.15) is 11.8 Å². The number of nitrogens with zero attached hydrogens (tertiary/aromatic N) is 2. The smallest absolute Gasteiger partial charge is 0.129 e. The van der Waals surface area contributed by atoms with Crippen LogP contribution >= 0.6 is 11.8 Å². The summed E-state index contributed by atoms with van der Waals surface area (Å²) < 4.78 is 5.42. The molecular weight excluding hydrogens is 246 g/mol. The van der Waals surface area contributed by atoms with Crippen molar-refractivity contribution >= 4 is 17.6 Å². The number of hydrogen-bond acceptors (Lipinski definition) is 5. The topological polar surface area (TPSA) is 47.0 Å². The van der Waals surface area contributed by atoms with E-state index < -0.39 is 0 Å². The molecule has 0 unspecified atom stereocenters. The number of aryl methyl sites for hydroxylation is 1. The van der Waals surface area contributed by atoms with Gasteiger partial charge in [0.1, 0.15) is 11.6 Å². The Kier molecular flexibility index (Phi) is 5.26. The SMILES string of the molecule is CCSCCNc1cc([C@H]2CCOC2)nc(C)n1. The van der Waals surface area contributed by atoms with Gasteiger partial charge in [-0.05, 0) is 19.1 Å². The van der Waals surface area contributed by atoms with Crippen LogP contribution in [-0.4, -0.2) is 41.2 Å². The third-order valence-electron chi connectivity index (χ3n) is 2.96. The summed E-state index contributed by atoms with van der Waals surface area (Å²) >= 11 is 1.94. The van der Waals surface area contributed by atoms with Gasteiger partial charge in [-0.25, -0.2) is 9.97 Å². The predicted octanol–water partition coefficient (Wildman–Crippen LogP) is 2.45. The second kappa shape index (κ2) is 6.95. The van der Waals surface area contributed by atoms with Gasteiger partial charge in [0.25, 0.3) is 0 Å². The largest absolute Gasteiger partial charge is 0.381 e. The quantitative estimate of drug-likeness (QED) is 0.802. The van der Waals surface area contributed by atoms with Crippen LogP contribution in [0.15, 0.2) is 6.07 Å². The van der Waals surface area contributed by atoms with Crippen LogP contribution in [-0.2, 0) is 4.74 Å². The van der Waals surface area contributed by atoms with Gasteiger partial charge in [-0.1, -0.05) is 6.92 Å². The van der Waals surface area contributed by atoms with Crippen LogP contribution in [0.25, 0.3) is 0 Å². The molecule has 2 rings (SSSR count). The summed E-state index contributed by atoms with van der Waals surface area (Å²) in [6.07, 6.45) is 1.07. The number of rotatable bonds is 6. The monoisotopic (exact) mass is 267 g/mol. The Morgan fingerprint density at radius 1 is 1.50 bits per heavy atom. The van der Waals surface area contributed by atoms with Gasteiger partial charge in [-0.15, -0.1) is 0 Å². The Morgan fingerprint density at radius 2 is 2.39 bits per heavy atom. The maximum absolute atomic E-state index is 5.42. The van der Waals surface area contributed by atoms with E-state index in [-0.39, 0.29) is 0 Å². The lowest BCUT2D eigenvalue weighted by atomic mass is 10.0. The summed E-state index contributed by atoms with van der Waals surface area (Å²) in [7, 11) is 0. The fourth-order valence-corrected chi connectivity index (χ4v) is 2.59. The first kappa shape index (κ1) is 13.6. The lowest BCUT2D eigenvalue weighted by molar-refractivity contribution is 0.193. The van der Waals surface area contributed by atoms with Crippen LogP contribution in [0.4, 0.5) is 5.82 Å². The van der Waals surface area contributed by atoms with Crippen molar-refractivity contribution in [3.05, 3.63) is 17.6 Å². The molecule has 1 aliphatic heterocycles. The first-order valence-electron chi connectivity index (χ1n) is 6.54. The van der Waals surface area contributed by atoms with Crippen molar-refractivity contribution in [2.24, 2.45) is 0 Å². The highest BCUT2D eigenvalue weighted by molar-refractivity contribution is 7.99. The Labute approximate surface area is 113 Å². The Morgan fingerprint density at radius 3 is 3.11 bits per heavy atom. The van der Waals surface area contributed by atoms with Crippen molar-refractivity contribution in [1.29, 1.82) is 0 Å². The summed E-state index contributed by atoms with van der Waals surface area (Å²) in [6.45, 7) is 6.73. The fraction of sp³-hybridized carbons (Fsp3) is 0.692. The molecule has 18 heavy (non-hydrogen) atoms. The zero-order valence-corrected chi connectivity index (χ0v) is 11.9. The Balaban J connectivity index is 1.97. The highest BCUT2D eigenvalue weighted by atomic mass is 32.2. The lowest BCUT2D eigenvalue weighted by Crippen LogP contribution is -2.10. The number of nitrogens with one attached hydrogen (secondary N) is 1. The number of thioether (sulfide) groups is 1. The maximum Gasteiger partial charge on any atom is 0.129 e. The molecule has 100 valence electrons. The van der Waals surface area contributed by atoms with Crippen LogP contribution in [0.1, 0.15) is 30.8 Å². The molecule has 1 aliphatic rings. The summed E-state index contributed by atoms with van der Waals surface area (Å²) in [5, 5.41) is 3.37. The second-order valence-corrected chi connectivity index (χ2v) is 5.80. The summed E-state index contributed by atoms with van der Waals surface area (Å²) in [5.41, 5.74) is 1.12. The average Bonchev–Trinajstić information content (AvgIpc) is 2.88. The van der Waals surface area contributed by atoms with E-state index >= 15 is 0 Å². The van der Waals surface area contributed by atoms with Crippen molar-refractivity contribution in [3.8, 4) is 0 Å². The zero-order chi connectivity index (χ0) is 12.8. The van der Waals surface area contributed by atoms with E-state index in [2.05, 4.69) is 28.3 Å². The minimum atomic E-state index is 0.442. The number of anilines is 1. The molecule has 0 saturated carbocycles. The highest BCUT2D eigenvalue weighted by Crippen LogP contribution is 2.24. The third kappa shape index (κ3) is 3.85. The molecule has 0 bridgehead atoms. The van der Waals surface area contributed by atoms with Crippen molar-refractivity contribution in [2.45, 2.75) is 26.2 Å². The van der Waals surface area contributed by atoms with Crippen LogP contribution in [0.3, 0.4) is 0 Å². The van der Waals surface area contributed by atoms with Crippen LogP contribution in [0.2, 0.25) is 0 Å². The Bertz CT molecular complexity index is 380. The molecule has 4 nitrogen and oxygen atoms in total. The maximum atomic E-state index is 5.42. The molecule has 0 spiro atoms. The van der Waals surface area contributed by atoms with Crippen LogP contribution < -0.4 is 5.32 Å². The number of hydrogen-bond donors (Lipinski definition) is 1. The van der Waals surface area contributed by atoms with Gasteiger partial charge in [-0.3, -0.25) is 0 Å². The van der Waals surface area contributed by atoms with E-state index in [1.165, 1.54) is 0 Å². The van der Waals surface area contributed by atoms with E-state index in [0.29, 0.717) is 5.92 Å². The molecule has 1 aromatic heterocycles. The van der Waals surface area contributed by atoms with Gasteiger partial charge < -0.3 is 10.1 Å². The first-order chi connectivity index (χ1) is 8.79. The molecule has 0 amide bonds. The zero-order valence-electron chi connectivity index (χ0n) is 11.1. The van der Waals surface area contributed by atoms with E-state index in [0.717, 1.165) is 55.0 Å². The van der Waals surface area contributed by atoms with Gasteiger partial charge >= 0.3 is 0 Å². The second-order valence-electron chi connectivity index (χ2n) is 4.41. The van der Waals surface area contributed by atoms with Crippen molar-refractivity contribution in [2.75, 3.05) is 36.6 Å². The van der Waals surface area contributed by atoms with Crippen LogP contribution in [0.5, 0.6) is 0 Å². The van der Waals surface area contributed by atoms with E-state index in [9.17, 15) is 0 Å². The molecule has 1 N–H and O–H groups in total. The van der Waals surface area contributed by atoms with Gasteiger partial charge in [0, 0.05) is 30.9 Å². The molecular formula is C13H21N3OS. The molecule has 1 aromatic rings. The molecule has 1 atom stereocenters. The van der Waals surface area contributed by atoms with E-state index in [4.69, 9.17) is 4.74 Å². The minimum Gasteiger partial charge on any atom is -0.381 e. The van der Waals surface area contributed by atoms with E-state index in [1.54, 1.807) is 0 Å². The normalized spacial score (nSPS) is 19.1. The van der Waals surface area contributed by atoms with Gasteiger partial charge in [0.2, 0.25) is 0 Å². The fourth-order valence-electron chi connectivity index (χ4n) is 2.05. The predicted molar refractivity (Wildman–Crippen MR) is 76.4 cm³/mol. The molecule has 2 heterocycles. The molecule has 5 heteroatoms. The molecule has 1 fully saturated rings. The lowest BCUT2D eigenvalue weighted by Gasteiger charge is -2.11. The van der Waals surface area contributed by atoms with Crippen molar-refractivity contribution in [3.63, 3.8) is 0 Å². The molecule has 0 aliphatic carbocycles. The minimum absolute atomic E-state index is 0.442. The average molecular weight is 267 g/mol. The molecule has 1 saturated heterocycles. The Hall–Kier alpha value is -0.810. The highest BCUT2D eigenvalue weighted by Gasteiger charge is 2.20. The first-order valence-corrected chi connectivity index (χ1v) is 7.70.